The highest BCUT2D eigenvalue weighted by Gasteiger charge is 2.36. The van der Waals surface area contributed by atoms with Crippen molar-refractivity contribution in [1.29, 1.82) is 0 Å². The van der Waals surface area contributed by atoms with Gasteiger partial charge in [-0.15, -0.1) is 0 Å². The number of carbonyl (C=O) groups is 2. The molecule has 4 aromatic rings. The molecule has 1 fully saturated rings. The van der Waals surface area contributed by atoms with Gasteiger partial charge in [0.2, 0.25) is 0 Å². The Morgan fingerprint density at radius 3 is 2.42 bits per heavy atom. The molecule has 0 aliphatic carbocycles. The average molecular weight is 493 g/mol. The molecule has 0 unspecified atom stereocenters. The van der Waals surface area contributed by atoms with Gasteiger partial charge in [-0.1, -0.05) is 59.6 Å². The Morgan fingerprint density at radius 1 is 0.909 bits per heavy atom. The van der Waals surface area contributed by atoms with Crippen LogP contribution in [0.15, 0.2) is 77.7 Å². The zero-order valence-electron chi connectivity index (χ0n) is 17.6. The van der Waals surface area contributed by atoms with Crippen LogP contribution in [0.1, 0.15) is 16.8 Å². The first-order valence-corrected chi connectivity index (χ1v) is 11.9. The summed E-state index contributed by atoms with van der Waals surface area (Å²) in [5, 5.41) is 1.86. The number of aromatic nitrogens is 1. The molecule has 33 heavy (non-hydrogen) atoms. The first-order valence-electron chi connectivity index (χ1n) is 10.3. The van der Waals surface area contributed by atoms with Crippen LogP contribution in [0, 0.1) is 6.92 Å². The molecule has 0 N–H and O–H groups in total. The lowest BCUT2D eigenvalue weighted by atomic mass is 10.1. The molecule has 164 valence electrons. The van der Waals surface area contributed by atoms with E-state index in [1.807, 2.05) is 55.5 Å². The fourth-order valence-corrected chi connectivity index (χ4v) is 5.19. The molecule has 1 aliphatic heterocycles. The van der Waals surface area contributed by atoms with Crippen molar-refractivity contribution in [3.05, 3.63) is 105 Å². The number of rotatable bonds is 4. The number of carbonyl (C=O) groups excluding carboxylic acids is 2. The summed E-state index contributed by atoms with van der Waals surface area (Å²) in [6, 6.07) is 22.6. The lowest BCUT2D eigenvalue weighted by Gasteiger charge is -2.12. The summed E-state index contributed by atoms with van der Waals surface area (Å²) in [5.74, 6) is -0.346. The van der Waals surface area contributed by atoms with Gasteiger partial charge in [-0.25, -0.2) is 4.90 Å². The van der Waals surface area contributed by atoms with Crippen molar-refractivity contribution >= 4 is 68.8 Å². The third-order valence-electron chi connectivity index (χ3n) is 5.67. The highest BCUT2D eigenvalue weighted by atomic mass is 35.5. The largest absolute Gasteiger partial charge is 0.340 e. The highest BCUT2D eigenvalue weighted by molar-refractivity contribution is 8.19. The number of benzene rings is 3. The molecule has 2 heterocycles. The minimum Gasteiger partial charge on any atom is -0.340 e. The van der Waals surface area contributed by atoms with Gasteiger partial charge < -0.3 is 4.57 Å². The number of imide groups is 1. The van der Waals surface area contributed by atoms with Gasteiger partial charge in [-0.2, -0.15) is 0 Å². The van der Waals surface area contributed by atoms with Crippen LogP contribution in [0.2, 0.25) is 10.0 Å². The lowest BCUT2D eigenvalue weighted by molar-refractivity contribution is -0.113. The molecule has 0 saturated carbocycles. The second kappa shape index (κ2) is 8.75. The molecule has 2 amide bonds. The maximum absolute atomic E-state index is 13.2. The predicted molar refractivity (Wildman–Crippen MR) is 137 cm³/mol. The van der Waals surface area contributed by atoms with E-state index in [1.54, 1.807) is 24.3 Å². The van der Waals surface area contributed by atoms with E-state index in [0.717, 1.165) is 39.5 Å². The van der Waals surface area contributed by atoms with Crippen molar-refractivity contribution in [3.8, 4) is 0 Å². The summed E-state index contributed by atoms with van der Waals surface area (Å²) >= 11 is 13.1. The van der Waals surface area contributed by atoms with Gasteiger partial charge in [-0.3, -0.25) is 9.59 Å². The molecule has 7 heteroatoms. The molecule has 0 spiro atoms. The van der Waals surface area contributed by atoms with E-state index in [-0.39, 0.29) is 11.1 Å². The summed E-state index contributed by atoms with van der Waals surface area (Å²) < 4.78 is 2.21. The molecule has 0 bridgehead atoms. The fourth-order valence-electron chi connectivity index (χ4n) is 4.05. The SMILES string of the molecule is Cc1c(/C=C2/SC(=O)N(c3cccc(Cl)c3)C2=O)c2ccccc2n1Cc1ccc(Cl)cc1. The molecule has 4 nitrogen and oxygen atoms in total. The van der Waals surface area contributed by atoms with Crippen LogP contribution in [0.4, 0.5) is 10.5 Å². The second-order valence-corrected chi connectivity index (χ2v) is 9.59. The van der Waals surface area contributed by atoms with Crippen molar-refractivity contribution in [2.45, 2.75) is 13.5 Å². The molecule has 3 aromatic carbocycles. The van der Waals surface area contributed by atoms with Crippen LogP contribution in [-0.2, 0) is 11.3 Å². The van der Waals surface area contributed by atoms with Gasteiger partial charge in [0.15, 0.2) is 0 Å². The smallest absolute Gasteiger partial charge is 0.298 e. The topological polar surface area (TPSA) is 42.3 Å². The zero-order chi connectivity index (χ0) is 23.1. The fraction of sp³-hybridized carbons (Fsp3) is 0.0769. The van der Waals surface area contributed by atoms with Crippen molar-refractivity contribution in [3.63, 3.8) is 0 Å². The standard InChI is InChI=1S/C26H18Cl2N2O2S/c1-16-22(14-24-25(31)30(26(32)33-24)20-6-4-5-19(28)13-20)21-7-2-3-8-23(21)29(16)15-17-9-11-18(27)12-10-17/h2-14H,15H2,1H3/b24-14+. The Kier molecular flexibility index (Phi) is 5.79. The Balaban J connectivity index is 1.56. The van der Waals surface area contributed by atoms with E-state index in [0.29, 0.717) is 27.2 Å². The van der Waals surface area contributed by atoms with Gasteiger partial charge in [-0.05, 0) is 66.7 Å². The minimum absolute atomic E-state index is 0.337. The Morgan fingerprint density at radius 2 is 1.67 bits per heavy atom. The summed E-state index contributed by atoms with van der Waals surface area (Å²) in [7, 11) is 0. The van der Waals surface area contributed by atoms with Crippen molar-refractivity contribution < 1.29 is 9.59 Å². The van der Waals surface area contributed by atoms with Gasteiger partial charge in [0.05, 0.1) is 10.6 Å². The summed E-state index contributed by atoms with van der Waals surface area (Å²) in [5.41, 5.74) is 4.59. The molecule has 0 radical (unpaired) electrons. The molecular formula is C26H18Cl2N2O2S. The minimum atomic E-state index is -0.346. The summed E-state index contributed by atoms with van der Waals surface area (Å²) in [6.45, 7) is 2.70. The molecular weight excluding hydrogens is 475 g/mol. The third-order valence-corrected chi connectivity index (χ3v) is 7.03. The van der Waals surface area contributed by atoms with Gasteiger partial charge in [0.1, 0.15) is 0 Å². The second-order valence-electron chi connectivity index (χ2n) is 7.73. The lowest BCUT2D eigenvalue weighted by Crippen LogP contribution is -2.27. The number of thioether (sulfide) groups is 1. The molecule has 0 atom stereocenters. The Hall–Kier alpha value is -2.99. The highest BCUT2D eigenvalue weighted by Crippen LogP contribution is 2.38. The Labute approximate surface area is 205 Å². The van der Waals surface area contributed by atoms with E-state index < -0.39 is 0 Å². The third kappa shape index (κ3) is 4.08. The van der Waals surface area contributed by atoms with Crippen LogP contribution in [-0.4, -0.2) is 15.7 Å². The van der Waals surface area contributed by atoms with E-state index in [1.165, 1.54) is 4.90 Å². The van der Waals surface area contributed by atoms with E-state index in [9.17, 15) is 9.59 Å². The summed E-state index contributed by atoms with van der Waals surface area (Å²) in [6.07, 6.45) is 1.82. The zero-order valence-corrected chi connectivity index (χ0v) is 19.9. The number of nitrogens with zero attached hydrogens (tertiary/aromatic N) is 2. The van der Waals surface area contributed by atoms with Crippen LogP contribution in [0.25, 0.3) is 17.0 Å². The number of para-hydroxylation sites is 1. The van der Waals surface area contributed by atoms with Crippen LogP contribution >= 0.6 is 35.0 Å². The number of hydrogen-bond donors (Lipinski definition) is 0. The molecule has 1 aromatic heterocycles. The van der Waals surface area contributed by atoms with Crippen molar-refractivity contribution in [2.24, 2.45) is 0 Å². The van der Waals surface area contributed by atoms with E-state index >= 15 is 0 Å². The van der Waals surface area contributed by atoms with Gasteiger partial charge >= 0.3 is 0 Å². The Bertz CT molecular complexity index is 1440. The van der Waals surface area contributed by atoms with Crippen LogP contribution < -0.4 is 4.90 Å². The molecule has 1 saturated heterocycles. The number of fused-ring (bicyclic) bond motifs is 1. The number of hydrogen-bond acceptors (Lipinski definition) is 3. The average Bonchev–Trinajstić information content (AvgIpc) is 3.23. The van der Waals surface area contributed by atoms with Crippen LogP contribution in [0.3, 0.4) is 0 Å². The monoisotopic (exact) mass is 492 g/mol. The quantitative estimate of drug-likeness (QED) is 0.276. The van der Waals surface area contributed by atoms with Crippen molar-refractivity contribution in [1.82, 2.24) is 4.57 Å². The number of halogens is 2. The maximum atomic E-state index is 13.2. The molecule has 1 aliphatic rings. The van der Waals surface area contributed by atoms with E-state index in [4.69, 9.17) is 23.2 Å². The van der Waals surface area contributed by atoms with Gasteiger partial charge in [0.25, 0.3) is 11.1 Å². The number of anilines is 1. The van der Waals surface area contributed by atoms with E-state index in [2.05, 4.69) is 10.6 Å². The predicted octanol–water partition coefficient (Wildman–Crippen LogP) is 7.55. The maximum Gasteiger partial charge on any atom is 0.298 e. The normalized spacial score (nSPS) is 15.2. The van der Waals surface area contributed by atoms with Gasteiger partial charge in [0, 0.05) is 38.8 Å². The van der Waals surface area contributed by atoms with Crippen LogP contribution in [0.5, 0.6) is 0 Å². The first kappa shape index (κ1) is 21.8. The summed E-state index contributed by atoms with van der Waals surface area (Å²) in [4.78, 5) is 27.4. The number of amides is 2. The first-order chi connectivity index (χ1) is 15.9. The van der Waals surface area contributed by atoms with Crippen molar-refractivity contribution in [2.75, 3.05) is 4.90 Å². The molecule has 5 rings (SSSR count).